The smallest absolute Gasteiger partial charge is 0.252 e. The Morgan fingerprint density at radius 2 is 1.97 bits per heavy atom. The number of aryl methyl sites for hydroxylation is 2. The zero-order valence-electron chi connectivity index (χ0n) is 20.0. The van der Waals surface area contributed by atoms with Crippen LogP contribution in [0.3, 0.4) is 0 Å². The van der Waals surface area contributed by atoms with E-state index >= 15 is 0 Å². The minimum Gasteiger partial charge on any atom is -0.396 e. The zero-order chi connectivity index (χ0) is 23.4. The Hall–Kier alpha value is -2.58. The summed E-state index contributed by atoms with van der Waals surface area (Å²) in [5.41, 5.74) is 3.90. The fourth-order valence-corrected chi connectivity index (χ4v) is 5.05. The quantitative estimate of drug-likeness (QED) is 0.483. The number of hydrogen-bond donors (Lipinski definition) is 2. The van der Waals surface area contributed by atoms with Gasteiger partial charge in [-0.25, -0.2) is 4.68 Å². The third-order valence-corrected chi connectivity index (χ3v) is 7.00. The van der Waals surface area contributed by atoms with Crippen molar-refractivity contribution in [3.05, 3.63) is 51.1 Å². The summed E-state index contributed by atoms with van der Waals surface area (Å²) in [4.78, 5) is 18.3. The molecule has 1 aliphatic rings. The summed E-state index contributed by atoms with van der Waals surface area (Å²) in [7, 11) is 0. The molecule has 8 nitrogen and oxygen atoms in total. The number of aliphatic hydroxyl groups is 1. The topological polar surface area (TPSA) is 99.9 Å². The van der Waals surface area contributed by atoms with Crippen molar-refractivity contribution < 1.29 is 5.11 Å². The van der Waals surface area contributed by atoms with Gasteiger partial charge in [-0.15, -0.1) is 5.10 Å². The van der Waals surface area contributed by atoms with E-state index in [1.807, 2.05) is 16.8 Å². The number of nitrogens with one attached hydrogen (secondary N) is 1. The highest BCUT2D eigenvalue weighted by molar-refractivity contribution is 5.80. The SMILES string of the molecule is CCCC(c1nnnn1C1CCCC1)N(CCCO)Cc1cc2cc(C)c(C)cc2[nH]c1=O. The maximum absolute atomic E-state index is 13.0. The largest absolute Gasteiger partial charge is 0.396 e. The zero-order valence-corrected chi connectivity index (χ0v) is 20.0. The van der Waals surface area contributed by atoms with Crippen LogP contribution in [-0.2, 0) is 6.54 Å². The molecule has 2 aromatic heterocycles. The summed E-state index contributed by atoms with van der Waals surface area (Å²) in [6.07, 6.45) is 7.14. The van der Waals surface area contributed by atoms with E-state index in [4.69, 9.17) is 0 Å². The molecule has 1 saturated carbocycles. The van der Waals surface area contributed by atoms with Crippen LogP contribution >= 0.6 is 0 Å². The van der Waals surface area contributed by atoms with Gasteiger partial charge in [0.2, 0.25) is 0 Å². The third-order valence-electron chi connectivity index (χ3n) is 7.00. The molecule has 0 radical (unpaired) electrons. The highest BCUT2D eigenvalue weighted by Crippen LogP contribution is 2.33. The second-order valence-corrected chi connectivity index (χ2v) is 9.42. The number of aliphatic hydroxyl groups excluding tert-OH is 1. The van der Waals surface area contributed by atoms with Gasteiger partial charge in [0.05, 0.1) is 12.1 Å². The summed E-state index contributed by atoms with van der Waals surface area (Å²) in [5.74, 6) is 0.880. The lowest BCUT2D eigenvalue weighted by Crippen LogP contribution is -2.34. The Morgan fingerprint density at radius 3 is 2.70 bits per heavy atom. The van der Waals surface area contributed by atoms with Crippen LogP contribution < -0.4 is 5.56 Å². The van der Waals surface area contributed by atoms with Gasteiger partial charge in [0.1, 0.15) is 0 Å². The van der Waals surface area contributed by atoms with E-state index in [9.17, 15) is 9.90 Å². The summed E-state index contributed by atoms with van der Waals surface area (Å²) in [6.45, 7) is 7.57. The summed E-state index contributed by atoms with van der Waals surface area (Å²) >= 11 is 0. The van der Waals surface area contributed by atoms with Crippen molar-refractivity contribution in [2.45, 2.75) is 84.3 Å². The van der Waals surface area contributed by atoms with E-state index in [0.717, 1.165) is 53.5 Å². The second-order valence-electron chi connectivity index (χ2n) is 9.42. The van der Waals surface area contributed by atoms with E-state index in [0.29, 0.717) is 25.6 Å². The summed E-state index contributed by atoms with van der Waals surface area (Å²) in [6, 6.07) is 6.52. The number of benzene rings is 1. The highest BCUT2D eigenvalue weighted by Gasteiger charge is 2.30. The molecule has 1 aliphatic carbocycles. The molecule has 178 valence electrons. The van der Waals surface area contributed by atoms with Crippen LogP contribution in [0.15, 0.2) is 23.0 Å². The van der Waals surface area contributed by atoms with Gasteiger partial charge in [0.15, 0.2) is 5.82 Å². The number of H-pyrrole nitrogens is 1. The number of hydrogen-bond acceptors (Lipinski definition) is 6. The molecule has 1 unspecified atom stereocenters. The van der Waals surface area contributed by atoms with Crippen molar-refractivity contribution in [3.8, 4) is 0 Å². The van der Waals surface area contributed by atoms with Gasteiger partial charge in [-0.3, -0.25) is 9.69 Å². The van der Waals surface area contributed by atoms with E-state index in [2.05, 4.69) is 52.2 Å². The van der Waals surface area contributed by atoms with Gasteiger partial charge in [0.25, 0.3) is 5.56 Å². The Morgan fingerprint density at radius 1 is 1.21 bits per heavy atom. The molecule has 1 aromatic carbocycles. The molecule has 3 aromatic rings. The first kappa shape index (κ1) is 23.6. The Bertz CT molecular complexity index is 1130. The van der Waals surface area contributed by atoms with Gasteiger partial charge in [-0.1, -0.05) is 26.2 Å². The maximum Gasteiger partial charge on any atom is 0.252 e. The van der Waals surface area contributed by atoms with Crippen LogP contribution in [0, 0.1) is 13.8 Å². The van der Waals surface area contributed by atoms with Crippen molar-refractivity contribution in [1.29, 1.82) is 0 Å². The van der Waals surface area contributed by atoms with E-state index < -0.39 is 0 Å². The molecule has 8 heteroatoms. The van der Waals surface area contributed by atoms with Crippen LogP contribution in [0.25, 0.3) is 10.9 Å². The number of aromatic nitrogens is 5. The number of tetrazole rings is 1. The average molecular weight is 453 g/mol. The van der Waals surface area contributed by atoms with Crippen LogP contribution in [-0.4, -0.2) is 48.3 Å². The molecule has 1 atom stereocenters. The number of fused-ring (bicyclic) bond motifs is 1. The van der Waals surface area contributed by atoms with Gasteiger partial charge in [0, 0.05) is 30.8 Å². The lowest BCUT2D eigenvalue weighted by molar-refractivity contribution is 0.145. The first-order valence-electron chi connectivity index (χ1n) is 12.3. The van der Waals surface area contributed by atoms with Gasteiger partial charge in [-0.05, 0) is 84.7 Å². The van der Waals surface area contributed by atoms with Gasteiger partial charge >= 0.3 is 0 Å². The Kier molecular flexibility index (Phi) is 7.55. The fourth-order valence-electron chi connectivity index (χ4n) is 5.05. The molecule has 0 saturated heterocycles. The second kappa shape index (κ2) is 10.6. The predicted octanol–water partition coefficient (Wildman–Crippen LogP) is 3.97. The van der Waals surface area contributed by atoms with Crippen LogP contribution in [0.5, 0.6) is 0 Å². The van der Waals surface area contributed by atoms with Gasteiger partial charge in [-0.2, -0.15) is 0 Å². The summed E-state index contributed by atoms with van der Waals surface area (Å²) in [5, 5.41) is 23.5. The molecule has 0 aliphatic heterocycles. The van der Waals surface area contributed by atoms with Crippen molar-refractivity contribution in [1.82, 2.24) is 30.1 Å². The van der Waals surface area contributed by atoms with Crippen molar-refractivity contribution in [2.75, 3.05) is 13.2 Å². The molecule has 0 amide bonds. The average Bonchev–Trinajstić information content (AvgIpc) is 3.48. The summed E-state index contributed by atoms with van der Waals surface area (Å²) < 4.78 is 2.02. The van der Waals surface area contributed by atoms with E-state index in [-0.39, 0.29) is 18.2 Å². The Labute approximate surface area is 195 Å². The molecule has 2 N–H and O–H groups in total. The molecule has 0 spiro atoms. The molecule has 4 rings (SSSR count). The van der Waals surface area contributed by atoms with Crippen LogP contribution in [0.1, 0.15) is 86.5 Å². The molecular formula is C25H36N6O2. The van der Waals surface area contributed by atoms with Crippen molar-refractivity contribution in [3.63, 3.8) is 0 Å². The predicted molar refractivity (Wildman–Crippen MR) is 129 cm³/mol. The lowest BCUT2D eigenvalue weighted by Gasteiger charge is -2.31. The molecule has 1 fully saturated rings. The number of nitrogens with zero attached hydrogens (tertiary/aromatic N) is 5. The minimum atomic E-state index is -0.0645. The van der Waals surface area contributed by atoms with Crippen LogP contribution in [0.4, 0.5) is 0 Å². The molecular weight excluding hydrogens is 416 g/mol. The first-order valence-corrected chi connectivity index (χ1v) is 12.3. The van der Waals surface area contributed by atoms with Crippen molar-refractivity contribution in [2.24, 2.45) is 0 Å². The van der Waals surface area contributed by atoms with Crippen LogP contribution in [0.2, 0.25) is 0 Å². The normalized spacial score (nSPS) is 15.7. The number of rotatable bonds is 10. The third kappa shape index (κ3) is 5.17. The van der Waals surface area contributed by atoms with E-state index in [1.165, 1.54) is 18.4 Å². The lowest BCUT2D eigenvalue weighted by atomic mass is 10.0. The molecule has 2 heterocycles. The first-order chi connectivity index (χ1) is 16.0. The highest BCUT2D eigenvalue weighted by atomic mass is 16.3. The van der Waals surface area contributed by atoms with E-state index in [1.54, 1.807) is 0 Å². The number of aromatic amines is 1. The minimum absolute atomic E-state index is 0.00741. The molecule has 0 bridgehead atoms. The number of pyridine rings is 1. The standard InChI is InChI=1S/C25H36N6O2/c1-4-8-23(24-27-28-29-31(24)21-9-5-6-10-21)30(11-7-12-32)16-20-15-19-13-17(2)18(3)14-22(19)26-25(20)33/h13-15,21,23,32H,4-12,16H2,1-3H3,(H,26,33). The maximum atomic E-state index is 13.0. The fraction of sp³-hybridized carbons (Fsp3) is 0.600. The molecule has 33 heavy (non-hydrogen) atoms. The monoisotopic (exact) mass is 452 g/mol. The Balaban J connectivity index is 1.69. The van der Waals surface area contributed by atoms with Gasteiger partial charge < -0.3 is 10.1 Å². The van der Waals surface area contributed by atoms with Crippen molar-refractivity contribution >= 4 is 10.9 Å².